The zero-order valence-electron chi connectivity index (χ0n) is 12.9. The maximum Gasteiger partial charge on any atom is 0.405 e. The Hall–Kier alpha value is -2.23. The predicted octanol–water partition coefficient (Wildman–Crippen LogP) is 4.62. The van der Waals surface area contributed by atoms with E-state index in [1.165, 1.54) is 5.56 Å². The van der Waals surface area contributed by atoms with Crippen LogP contribution in [0.25, 0.3) is 11.1 Å². The summed E-state index contributed by atoms with van der Waals surface area (Å²) in [6.07, 6.45) is 5.25. The third-order valence-corrected chi connectivity index (χ3v) is 5.14. The topological polar surface area (TPSA) is 62.5 Å². The lowest BCUT2D eigenvalue weighted by atomic mass is 9.76. The maximum atomic E-state index is 11.2. The van der Waals surface area contributed by atoms with Gasteiger partial charge >= 0.3 is 6.09 Å². The van der Waals surface area contributed by atoms with Crippen molar-refractivity contribution < 1.29 is 14.3 Å². The Bertz CT molecular complexity index is 672. The Morgan fingerprint density at radius 3 is 2.68 bits per heavy atom. The van der Waals surface area contributed by atoms with Crippen LogP contribution in [-0.2, 0) is 6.42 Å². The highest BCUT2D eigenvalue weighted by Crippen LogP contribution is 2.50. The van der Waals surface area contributed by atoms with E-state index in [9.17, 15) is 9.90 Å². The average Bonchev–Trinajstić information content (AvgIpc) is 3.13. The SMILES string of the molecule is CCC1(CC)Cc2cc(-c3ccoc3)ccc2C1NC(=O)O. The van der Waals surface area contributed by atoms with Crippen molar-refractivity contribution in [1.82, 2.24) is 5.32 Å². The maximum absolute atomic E-state index is 11.2. The van der Waals surface area contributed by atoms with Gasteiger partial charge in [-0.3, -0.25) is 0 Å². The van der Waals surface area contributed by atoms with Gasteiger partial charge in [0, 0.05) is 5.56 Å². The van der Waals surface area contributed by atoms with Crippen LogP contribution in [0.15, 0.2) is 41.2 Å². The first-order chi connectivity index (χ1) is 10.6. The molecule has 1 aliphatic carbocycles. The van der Waals surface area contributed by atoms with Crippen molar-refractivity contribution in [3.63, 3.8) is 0 Å². The van der Waals surface area contributed by atoms with Gasteiger partial charge < -0.3 is 14.8 Å². The van der Waals surface area contributed by atoms with Crippen molar-refractivity contribution in [1.29, 1.82) is 0 Å². The van der Waals surface area contributed by atoms with E-state index in [2.05, 4.69) is 31.3 Å². The lowest BCUT2D eigenvalue weighted by Gasteiger charge is -2.33. The third kappa shape index (κ3) is 2.28. The van der Waals surface area contributed by atoms with Gasteiger partial charge in [-0.15, -0.1) is 0 Å². The molecule has 0 fully saturated rings. The summed E-state index contributed by atoms with van der Waals surface area (Å²) in [5.74, 6) is 0. The molecule has 2 N–H and O–H groups in total. The minimum Gasteiger partial charge on any atom is -0.472 e. The van der Waals surface area contributed by atoms with Crippen molar-refractivity contribution in [3.05, 3.63) is 47.9 Å². The summed E-state index contributed by atoms with van der Waals surface area (Å²) in [7, 11) is 0. The number of rotatable bonds is 4. The van der Waals surface area contributed by atoms with Crippen LogP contribution in [0.4, 0.5) is 4.79 Å². The standard InChI is InChI=1S/C18H21NO3/c1-3-18(4-2)10-14-9-12(13-7-8-22-11-13)5-6-15(14)16(18)19-17(20)21/h5-9,11,16,19H,3-4,10H2,1-2H3,(H,20,21). The molecule has 1 aliphatic rings. The van der Waals surface area contributed by atoms with Crippen molar-refractivity contribution in [3.8, 4) is 11.1 Å². The van der Waals surface area contributed by atoms with Gasteiger partial charge in [0.25, 0.3) is 0 Å². The van der Waals surface area contributed by atoms with Crippen molar-refractivity contribution >= 4 is 6.09 Å². The van der Waals surface area contributed by atoms with E-state index >= 15 is 0 Å². The molecule has 0 bridgehead atoms. The first-order valence-electron chi connectivity index (χ1n) is 7.74. The monoisotopic (exact) mass is 299 g/mol. The van der Waals surface area contributed by atoms with Gasteiger partial charge in [-0.25, -0.2) is 4.79 Å². The number of fused-ring (bicyclic) bond motifs is 1. The van der Waals surface area contributed by atoms with Crippen LogP contribution in [0, 0.1) is 5.41 Å². The van der Waals surface area contributed by atoms with E-state index < -0.39 is 6.09 Å². The van der Waals surface area contributed by atoms with E-state index in [1.54, 1.807) is 12.5 Å². The zero-order chi connectivity index (χ0) is 15.7. The minimum absolute atomic E-state index is 0.0320. The number of carbonyl (C=O) groups is 1. The molecule has 1 unspecified atom stereocenters. The molecule has 0 spiro atoms. The molecule has 0 saturated carbocycles. The molecule has 4 heteroatoms. The summed E-state index contributed by atoms with van der Waals surface area (Å²) in [5, 5.41) is 11.9. The third-order valence-electron chi connectivity index (χ3n) is 5.14. The molecular formula is C18H21NO3. The second-order valence-electron chi connectivity index (χ2n) is 6.05. The predicted molar refractivity (Wildman–Crippen MR) is 84.8 cm³/mol. The van der Waals surface area contributed by atoms with Gasteiger partial charge in [-0.1, -0.05) is 32.0 Å². The summed E-state index contributed by atoms with van der Waals surface area (Å²) in [6, 6.07) is 8.08. The van der Waals surface area contributed by atoms with E-state index in [-0.39, 0.29) is 11.5 Å². The van der Waals surface area contributed by atoms with Crippen LogP contribution >= 0.6 is 0 Å². The molecule has 0 aliphatic heterocycles. The quantitative estimate of drug-likeness (QED) is 0.866. The Morgan fingerprint density at radius 1 is 1.32 bits per heavy atom. The summed E-state index contributed by atoms with van der Waals surface area (Å²) < 4.78 is 5.16. The van der Waals surface area contributed by atoms with Crippen LogP contribution in [0.3, 0.4) is 0 Å². The Kier molecular flexibility index (Phi) is 3.69. The van der Waals surface area contributed by atoms with E-state index in [1.807, 2.05) is 12.1 Å². The second kappa shape index (κ2) is 5.52. The fraction of sp³-hybridized carbons (Fsp3) is 0.389. The Balaban J connectivity index is 2.03. The van der Waals surface area contributed by atoms with E-state index in [0.29, 0.717) is 0 Å². The largest absolute Gasteiger partial charge is 0.472 e. The lowest BCUT2D eigenvalue weighted by Crippen LogP contribution is -2.37. The summed E-state index contributed by atoms with van der Waals surface area (Å²) in [5.41, 5.74) is 4.48. The smallest absolute Gasteiger partial charge is 0.405 e. The molecule has 4 nitrogen and oxygen atoms in total. The summed E-state index contributed by atoms with van der Waals surface area (Å²) in [6.45, 7) is 4.28. The molecule has 3 rings (SSSR count). The number of amides is 1. The molecule has 116 valence electrons. The van der Waals surface area contributed by atoms with Crippen molar-refractivity contribution in [2.45, 2.75) is 39.2 Å². The van der Waals surface area contributed by atoms with Crippen LogP contribution in [-0.4, -0.2) is 11.2 Å². The summed E-state index contributed by atoms with van der Waals surface area (Å²) in [4.78, 5) is 11.2. The fourth-order valence-electron chi connectivity index (χ4n) is 3.72. The normalized spacial score (nSPS) is 18.9. The number of hydrogen-bond acceptors (Lipinski definition) is 2. The van der Waals surface area contributed by atoms with E-state index in [4.69, 9.17) is 4.42 Å². The molecule has 2 aromatic rings. The number of furan rings is 1. The van der Waals surface area contributed by atoms with Crippen molar-refractivity contribution in [2.24, 2.45) is 5.41 Å². The highest BCUT2D eigenvalue weighted by molar-refractivity contribution is 5.68. The van der Waals surface area contributed by atoms with Crippen LogP contribution < -0.4 is 5.32 Å². The van der Waals surface area contributed by atoms with Gasteiger partial charge in [0.2, 0.25) is 0 Å². The molecular weight excluding hydrogens is 278 g/mol. The second-order valence-corrected chi connectivity index (χ2v) is 6.05. The summed E-state index contributed by atoms with van der Waals surface area (Å²) >= 11 is 0. The average molecular weight is 299 g/mol. The molecule has 0 radical (unpaired) electrons. The molecule has 22 heavy (non-hydrogen) atoms. The Morgan fingerprint density at radius 2 is 2.09 bits per heavy atom. The molecule has 1 atom stereocenters. The van der Waals surface area contributed by atoms with Gasteiger partial charge in [-0.05, 0) is 47.4 Å². The fourth-order valence-corrected chi connectivity index (χ4v) is 3.72. The molecule has 1 heterocycles. The van der Waals surface area contributed by atoms with Crippen molar-refractivity contribution in [2.75, 3.05) is 0 Å². The van der Waals surface area contributed by atoms with Crippen LogP contribution in [0.1, 0.15) is 43.9 Å². The molecule has 0 saturated heterocycles. The number of nitrogens with one attached hydrogen (secondary N) is 1. The first-order valence-corrected chi connectivity index (χ1v) is 7.74. The highest BCUT2D eigenvalue weighted by Gasteiger charge is 2.44. The number of benzene rings is 1. The lowest BCUT2D eigenvalue weighted by molar-refractivity contribution is 0.157. The molecule has 1 aromatic heterocycles. The molecule has 1 aromatic carbocycles. The van der Waals surface area contributed by atoms with Crippen LogP contribution in [0.5, 0.6) is 0 Å². The van der Waals surface area contributed by atoms with Gasteiger partial charge in [-0.2, -0.15) is 0 Å². The minimum atomic E-state index is -0.956. The Labute approximate surface area is 130 Å². The van der Waals surface area contributed by atoms with E-state index in [0.717, 1.165) is 36.0 Å². The number of carboxylic acid groups (broad SMARTS) is 1. The highest BCUT2D eigenvalue weighted by atomic mass is 16.4. The zero-order valence-corrected chi connectivity index (χ0v) is 12.9. The number of hydrogen-bond donors (Lipinski definition) is 2. The van der Waals surface area contributed by atoms with Crippen LogP contribution in [0.2, 0.25) is 0 Å². The van der Waals surface area contributed by atoms with Gasteiger partial charge in [0.15, 0.2) is 0 Å². The first kappa shape index (κ1) is 14.7. The van der Waals surface area contributed by atoms with Gasteiger partial charge in [0.05, 0.1) is 18.6 Å². The molecule has 1 amide bonds. The van der Waals surface area contributed by atoms with Gasteiger partial charge in [0.1, 0.15) is 0 Å².